The maximum absolute atomic E-state index is 10.1. The highest BCUT2D eigenvalue weighted by molar-refractivity contribution is 5.67. The van der Waals surface area contributed by atoms with Crippen molar-refractivity contribution in [3.8, 4) is 0 Å². The molecule has 0 radical (unpaired) electrons. The van der Waals surface area contributed by atoms with E-state index in [1.165, 1.54) is 0 Å². The summed E-state index contributed by atoms with van der Waals surface area (Å²) in [7, 11) is 0. The van der Waals surface area contributed by atoms with E-state index in [-0.39, 0.29) is 25.4 Å². The maximum Gasteiger partial charge on any atom is 0.303 e. The van der Waals surface area contributed by atoms with Crippen LogP contribution in [0.5, 0.6) is 0 Å². The van der Waals surface area contributed by atoms with Crippen molar-refractivity contribution in [3.05, 3.63) is 0 Å². The molecule has 15 heavy (non-hydrogen) atoms. The average molecular weight is 224 g/mol. The number of nitrogens with two attached hydrogens (primary N) is 1. The van der Waals surface area contributed by atoms with Gasteiger partial charge >= 0.3 is 5.97 Å². The Morgan fingerprint density at radius 3 is 1.60 bits per heavy atom. The fraction of sp³-hybridized carbons (Fsp3) is 0.778. The van der Waals surface area contributed by atoms with Crippen molar-refractivity contribution in [3.63, 3.8) is 0 Å². The van der Waals surface area contributed by atoms with Crippen molar-refractivity contribution >= 4 is 11.9 Å². The number of carboxylic acids is 2. The third-order valence-electron chi connectivity index (χ3n) is 1.18. The highest BCUT2D eigenvalue weighted by Gasteiger charge is 2.18. The van der Waals surface area contributed by atoms with Crippen molar-refractivity contribution in [2.75, 3.05) is 6.54 Å². The number of rotatable bonds is 3. The lowest BCUT2D eigenvalue weighted by Gasteiger charge is -2.18. The number of aliphatic carboxylic acids is 2. The zero-order valence-corrected chi connectivity index (χ0v) is 8.91. The van der Waals surface area contributed by atoms with Gasteiger partial charge in [0.05, 0.1) is 6.42 Å². The standard InChI is InChI=1S/C6H13NO2.C2H4O2.CH4.H3N/c1-6(2,4-7)3-5(8)9;1-2(3)4;;/h3-4,7H2,1-2H3,(H,8,9);1H3,(H,3,4);1H4;1H3. The summed E-state index contributed by atoms with van der Waals surface area (Å²) in [6, 6.07) is 0. The van der Waals surface area contributed by atoms with Gasteiger partial charge in [0.25, 0.3) is 5.97 Å². The average Bonchev–Trinajstić information content (AvgIpc) is 1.83. The monoisotopic (exact) mass is 224 g/mol. The van der Waals surface area contributed by atoms with Gasteiger partial charge in [-0.3, -0.25) is 9.59 Å². The Hall–Kier alpha value is -1.14. The molecule has 94 valence electrons. The first-order chi connectivity index (χ1) is 5.71. The van der Waals surface area contributed by atoms with Gasteiger partial charge in [0.15, 0.2) is 0 Å². The van der Waals surface area contributed by atoms with Crippen molar-refractivity contribution < 1.29 is 19.8 Å². The minimum atomic E-state index is -0.833. The van der Waals surface area contributed by atoms with E-state index in [4.69, 9.17) is 20.7 Å². The van der Waals surface area contributed by atoms with Crippen molar-refractivity contribution in [1.82, 2.24) is 6.15 Å². The Kier molecular flexibility index (Phi) is 17.2. The molecule has 7 N–H and O–H groups in total. The van der Waals surface area contributed by atoms with Crippen LogP contribution in [0.3, 0.4) is 0 Å². The summed E-state index contributed by atoms with van der Waals surface area (Å²) in [5, 5.41) is 15.7. The lowest BCUT2D eigenvalue weighted by molar-refractivity contribution is -0.139. The van der Waals surface area contributed by atoms with Gasteiger partial charge in [-0.25, -0.2) is 0 Å². The molecule has 0 aromatic rings. The minimum absolute atomic E-state index is 0. The molecule has 0 saturated carbocycles. The first-order valence-electron chi connectivity index (χ1n) is 3.82. The Bertz CT molecular complexity index is 177. The summed E-state index contributed by atoms with van der Waals surface area (Å²) in [6.45, 7) is 5.17. The second-order valence-corrected chi connectivity index (χ2v) is 3.46. The van der Waals surface area contributed by atoms with Gasteiger partial charge in [-0.2, -0.15) is 0 Å². The first-order valence-corrected chi connectivity index (χ1v) is 3.82. The van der Waals surface area contributed by atoms with Crippen LogP contribution in [0.15, 0.2) is 0 Å². The molecule has 0 bridgehead atoms. The van der Waals surface area contributed by atoms with E-state index in [1.807, 2.05) is 13.8 Å². The summed E-state index contributed by atoms with van der Waals surface area (Å²) < 4.78 is 0. The van der Waals surface area contributed by atoms with E-state index < -0.39 is 11.9 Å². The van der Waals surface area contributed by atoms with Crippen LogP contribution in [0.2, 0.25) is 0 Å². The van der Waals surface area contributed by atoms with Gasteiger partial charge in [-0.15, -0.1) is 0 Å². The molecule has 0 heterocycles. The molecule has 0 spiro atoms. The molecule has 0 aromatic carbocycles. The highest BCUT2D eigenvalue weighted by atomic mass is 16.4. The van der Waals surface area contributed by atoms with Crippen LogP contribution >= 0.6 is 0 Å². The molecule has 0 aliphatic rings. The smallest absolute Gasteiger partial charge is 0.303 e. The van der Waals surface area contributed by atoms with E-state index in [2.05, 4.69) is 0 Å². The molecule has 0 unspecified atom stereocenters. The van der Waals surface area contributed by atoms with Gasteiger partial charge in [-0.1, -0.05) is 21.3 Å². The van der Waals surface area contributed by atoms with Gasteiger partial charge in [0.1, 0.15) is 0 Å². The number of hydrogen-bond donors (Lipinski definition) is 4. The zero-order valence-electron chi connectivity index (χ0n) is 8.91. The molecule has 0 aliphatic heterocycles. The lowest BCUT2D eigenvalue weighted by atomic mass is 9.90. The predicted octanol–water partition coefficient (Wildman–Crippen LogP) is 1.34. The van der Waals surface area contributed by atoms with Gasteiger partial charge in [0, 0.05) is 6.92 Å². The van der Waals surface area contributed by atoms with Crippen LogP contribution in [-0.2, 0) is 9.59 Å². The molecule has 0 fully saturated rings. The highest BCUT2D eigenvalue weighted by Crippen LogP contribution is 2.16. The lowest BCUT2D eigenvalue weighted by Crippen LogP contribution is -2.26. The minimum Gasteiger partial charge on any atom is -0.481 e. The molecule has 0 saturated heterocycles. The third-order valence-corrected chi connectivity index (χ3v) is 1.18. The molecule has 6 nitrogen and oxygen atoms in total. The Morgan fingerprint density at radius 1 is 1.27 bits per heavy atom. The van der Waals surface area contributed by atoms with Crippen LogP contribution in [0.4, 0.5) is 0 Å². The summed E-state index contributed by atoms with van der Waals surface area (Å²) >= 11 is 0. The van der Waals surface area contributed by atoms with Gasteiger partial charge in [0.2, 0.25) is 0 Å². The predicted molar refractivity (Wildman–Crippen MR) is 60.2 cm³/mol. The summed E-state index contributed by atoms with van der Waals surface area (Å²) in [4.78, 5) is 19.1. The Balaban J connectivity index is -0.0000000883. The third kappa shape index (κ3) is 32.2. The fourth-order valence-corrected chi connectivity index (χ4v) is 0.482. The molecule has 0 atom stereocenters. The summed E-state index contributed by atoms with van der Waals surface area (Å²) in [5.41, 5.74) is 5.03. The van der Waals surface area contributed by atoms with Crippen LogP contribution in [0, 0.1) is 5.41 Å². The molecule has 0 amide bonds. The number of hydrogen-bond acceptors (Lipinski definition) is 4. The zero-order chi connectivity index (χ0) is 11.1. The van der Waals surface area contributed by atoms with Crippen LogP contribution in [0.25, 0.3) is 0 Å². The first kappa shape index (κ1) is 23.6. The van der Waals surface area contributed by atoms with Crippen LogP contribution in [-0.4, -0.2) is 28.7 Å². The molecule has 6 heteroatoms. The fourth-order valence-electron chi connectivity index (χ4n) is 0.482. The summed E-state index contributed by atoms with van der Waals surface area (Å²) in [6.07, 6.45) is 0.142. The van der Waals surface area contributed by atoms with E-state index in [1.54, 1.807) is 0 Å². The second-order valence-electron chi connectivity index (χ2n) is 3.46. The SMILES string of the molecule is C.CC(=O)O.CC(C)(CN)CC(=O)O.N. The Morgan fingerprint density at radius 2 is 1.53 bits per heavy atom. The van der Waals surface area contributed by atoms with E-state index in [0.29, 0.717) is 6.54 Å². The van der Waals surface area contributed by atoms with Crippen molar-refractivity contribution in [2.24, 2.45) is 11.1 Å². The number of carboxylic acid groups (broad SMARTS) is 2. The number of carbonyl (C=O) groups is 2. The largest absolute Gasteiger partial charge is 0.481 e. The van der Waals surface area contributed by atoms with Crippen LogP contribution in [0.1, 0.15) is 34.6 Å². The van der Waals surface area contributed by atoms with Crippen molar-refractivity contribution in [1.29, 1.82) is 0 Å². The van der Waals surface area contributed by atoms with Crippen molar-refractivity contribution in [2.45, 2.75) is 34.6 Å². The molecule has 0 aliphatic carbocycles. The normalized spacial score (nSPS) is 8.53. The van der Waals surface area contributed by atoms with Gasteiger partial charge in [-0.05, 0) is 12.0 Å². The topological polar surface area (TPSA) is 136 Å². The van der Waals surface area contributed by atoms with Crippen LogP contribution < -0.4 is 11.9 Å². The molecule has 0 aromatic heterocycles. The van der Waals surface area contributed by atoms with Gasteiger partial charge < -0.3 is 22.1 Å². The molecular weight excluding hydrogens is 200 g/mol. The quantitative estimate of drug-likeness (QED) is 0.571. The molecular formula is C9H24N2O4. The van der Waals surface area contributed by atoms with E-state index >= 15 is 0 Å². The summed E-state index contributed by atoms with van der Waals surface area (Å²) in [5.74, 6) is -1.62. The van der Waals surface area contributed by atoms with E-state index in [0.717, 1.165) is 6.92 Å². The maximum atomic E-state index is 10.1. The Labute approximate surface area is 91.1 Å². The van der Waals surface area contributed by atoms with E-state index in [9.17, 15) is 4.79 Å². The molecule has 0 rings (SSSR count). The second kappa shape index (κ2) is 10.9.